The number of oxazole rings is 1. The summed E-state index contributed by atoms with van der Waals surface area (Å²) >= 11 is 0. The van der Waals surface area contributed by atoms with E-state index in [2.05, 4.69) is 31.8 Å². The Kier molecular flexibility index (Phi) is 3.77. The Hall–Kier alpha value is -3.79. The summed E-state index contributed by atoms with van der Waals surface area (Å²) in [5, 5.41) is 23.5. The Morgan fingerprint density at radius 2 is 1.96 bits per heavy atom. The number of hydrogen-bond acceptors (Lipinski definition) is 7. The summed E-state index contributed by atoms with van der Waals surface area (Å²) < 4.78 is 5.74. The fourth-order valence-corrected chi connectivity index (χ4v) is 2.44. The average Bonchev–Trinajstić information content (AvgIpc) is 3.34. The third kappa shape index (κ3) is 3.14. The number of anilines is 2. The maximum Gasteiger partial charge on any atom is 0.299 e. The minimum atomic E-state index is 0.388. The van der Waals surface area contributed by atoms with E-state index in [1.807, 2.05) is 36.4 Å². The van der Waals surface area contributed by atoms with Crippen LogP contribution in [0.5, 0.6) is 0 Å². The van der Waals surface area contributed by atoms with Crippen LogP contribution in [-0.4, -0.2) is 17.2 Å². The van der Waals surface area contributed by atoms with Crippen molar-refractivity contribution in [2.24, 2.45) is 15.4 Å². The molecule has 2 heterocycles. The van der Waals surface area contributed by atoms with Crippen molar-refractivity contribution in [2.45, 2.75) is 0 Å². The predicted molar refractivity (Wildman–Crippen MR) is 92.6 cm³/mol. The Bertz CT molecular complexity index is 1010. The second-order valence-electron chi connectivity index (χ2n) is 5.36. The zero-order chi connectivity index (χ0) is 17.1. The summed E-state index contributed by atoms with van der Waals surface area (Å²) in [5.74, 6) is 0.626. The molecule has 2 aromatic carbocycles. The molecule has 0 spiro atoms. The standard InChI is InChI=1S/C18H12N6O/c19-9-12-4-6-13(7-5-12)17-11-20-18(25-17)22-15-3-1-2-14(8-15)16-10-21-24-23-16/h1-8,11H,10H2,(H,20,22). The molecule has 3 aromatic rings. The number of nitrogens with zero attached hydrogens (tertiary/aromatic N) is 5. The van der Waals surface area contributed by atoms with Gasteiger partial charge in [-0.25, -0.2) is 4.98 Å². The van der Waals surface area contributed by atoms with Crippen molar-refractivity contribution in [1.29, 1.82) is 5.26 Å². The average molecular weight is 328 g/mol. The highest BCUT2D eigenvalue weighted by molar-refractivity contribution is 6.03. The first-order valence-corrected chi connectivity index (χ1v) is 7.59. The third-order valence-electron chi connectivity index (χ3n) is 3.70. The van der Waals surface area contributed by atoms with E-state index in [9.17, 15) is 0 Å². The van der Waals surface area contributed by atoms with Gasteiger partial charge in [0, 0.05) is 16.8 Å². The van der Waals surface area contributed by atoms with Crippen molar-refractivity contribution in [3.8, 4) is 17.4 Å². The molecule has 0 bridgehead atoms. The smallest absolute Gasteiger partial charge is 0.299 e. The van der Waals surface area contributed by atoms with Crippen LogP contribution in [0.2, 0.25) is 0 Å². The zero-order valence-electron chi connectivity index (χ0n) is 13.0. The number of rotatable bonds is 4. The molecule has 0 amide bonds. The normalized spacial score (nSPS) is 12.7. The molecule has 120 valence electrons. The molecule has 7 heteroatoms. The molecule has 0 saturated heterocycles. The van der Waals surface area contributed by atoms with Gasteiger partial charge >= 0.3 is 0 Å². The SMILES string of the molecule is N#Cc1ccc(-c2cnc(Nc3cccc(C4=NN=NC4)c3)o2)cc1. The fourth-order valence-electron chi connectivity index (χ4n) is 2.44. The number of nitriles is 1. The Labute approximate surface area is 143 Å². The van der Waals surface area contributed by atoms with Gasteiger partial charge < -0.3 is 9.73 Å². The number of nitrogens with one attached hydrogen (secondary N) is 1. The highest BCUT2D eigenvalue weighted by Gasteiger charge is 2.10. The van der Waals surface area contributed by atoms with Gasteiger partial charge in [0.15, 0.2) is 5.76 Å². The lowest BCUT2D eigenvalue weighted by molar-refractivity contribution is 0.592. The van der Waals surface area contributed by atoms with Crippen LogP contribution in [0.1, 0.15) is 11.1 Å². The highest BCUT2D eigenvalue weighted by atomic mass is 16.4. The summed E-state index contributed by atoms with van der Waals surface area (Å²) in [4.78, 5) is 4.25. The minimum Gasteiger partial charge on any atom is -0.423 e. The van der Waals surface area contributed by atoms with Crippen molar-refractivity contribution in [2.75, 3.05) is 11.9 Å². The van der Waals surface area contributed by atoms with E-state index in [1.165, 1.54) is 0 Å². The van der Waals surface area contributed by atoms with Gasteiger partial charge in [0.1, 0.15) is 6.54 Å². The van der Waals surface area contributed by atoms with Crippen LogP contribution in [0.3, 0.4) is 0 Å². The molecule has 7 nitrogen and oxygen atoms in total. The molecular formula is C18H12N6O. The van der Waals surface area contributed by atoms with E-state index < -0.39 is 0 Å². The van der Waals surface area contributed by atoms with Crippen LogP contribution in [0.4, 0.5) is 11.7 Å². The van der Waals surface area contributed by atoms with Gasteiger partial charge in [-0.05, 0) is 41.6 Å². The molecular weight excluding hydrogens is 316 g/mol. The van der Waals surface area contributed by atoms with Crippen molar-refractivity contribution in [1.82, 2.24) is 4.98 Å². The molecule has 0 aliphatic carbocycles. The summed E-state index contributed by atoms with van der Waals surface area (Å²) in [5.41, 5.74) is 4.08. The summed E-state index contributed by atoms with van der Waals surface area (Å²) in [6.45, 7) is 0.491. The lowest BCUT2D eigenvalue weighted by Gasteiger charge is -2.04. The predicted octanol–water partition coefficient (Wildman–Crippen LogP) is 4.13. The quantitative estimate of drug-likeness (QED) is 0.778. The molecule has 1 N–H and O–H groups in total. The van der Waals surface area contributed by atoms with Gasteiger partial charge in [-0.15, -0.1) is 5.10 Å². The Morgan fingerprint density at radius 1 is 1.08 bits per heavy atom. The van der Waals surface area contributed by atoms with E-state index in [0.29, 0.717) is 23.9 Å². The lowest BCUT2D eigenvalue weighted by Crippen LogP contribution is -2.02. The number of aromatic nitrogens is 1. The number of hydrogen-bond donors (Lipinski definition) is 1. The van der Waals surface area contributed by atoms with Gasteiger partial charge in [0.25, 0.3) is 6.01 Å². The monoisotopic (exact) mass is 328 g/mol. The van der Waals surface area contributed by atoms with Crippen LogP contribution >= 0.6 is 0 Å². The third-order valence-corrected chi connectivity index (χ3v) is 3.70. The van der Waals surface area contributed by atoms with E-state index in [4.69, 9.17) is 9.68 Å². The number of benzene rings is 2. The first kappa shape index (κ1) is 14.8. The van der Waals surface area contributed by atoms with Crippen molar-refractivity contribution < 1.29 is 4.42 Å². The fraction of sp³-hybridized carbons (Fsp3) is 0.0556. The summed E-state index contributed by atoms with van der Waals surface area (Å²) in [6, 6.07) is 17.4. The van der Waals surface area contributed by atoms with E-state index >= 15 is 0 Å². The van der Waals surface area contributed by atoms with Crippen molar-refractivity contribution in [3.63, 3.8) is 0 Å². The largest absolute Gasteiger partial charge is 0.423 e. The van der Waals surface area contributed by atoms with Crippen molar-refractivity contribution in [3.05, 3.63) is 65.9 Å². The van der Waals surface area contributed by atoms with Crippen LogP contribution < -0.4 is 5.32 Å². The molecule has 0 atom stereocenters. The van der Waals surface area contributed by atoms with Gasteiger partial charge in [0.2, 0.25) is 0 Å². The van der Waals surface area contributed by atoms with Gasteiger partial charge in [0.05, 0.1) is 23.5 Å². The molecule has 4 rings (SSSR count). The molecule has 1 aliphatic rings. The zero-order valence-corrected chi connectivity index (χ0v) is 13.0. The maximum absolute atomic E-state index is 8.85. The topological polar surface area (TPSA) is 98.9 Å². The molecule has 25 heavy (non-hydrogen) atoms. The van der Waals surface area contributed by atoms with Crippen LogP contribution in [-0.2, 0) is 0 Å². The lowest BCUT2D eigenvalue weighted by atomic mass is 10.1. The molecule has 1 aliphatic heterocycles. The molecule has 0 fully saturated rings. The Morgan fingerprint density at radius 3 is 2.72 bits per heavy atom. The molecule has 1 aromatic heterocycles. The molecule has 0 unspecified atom stereocenters. The molecule has 0 saturated carbocycles. The second kappa shape index (κ2) is 6.37. The van der Waals surface area contributed by atoms with E-state index in [-0.39, 0.29) is 0 Å². The summed E-state index contributed by atoms with van der Waals surface area (Å²) in [6.07, 6.45) is 1.65. The van der Waals surface area contributed by atoms with Crippen molar-refractivity contribution >= 4 is 17.4 Å². The molecule has 0 radical (unpaired) electrons. The van der Waals surface area contributed by atoms with Crippen LogP contribution in [0, 0.1) is 11.3 Å². The minimum absolute atomic E-state index is 0.388. The van der Waals surface area contributed by atoms with Crippen LogP contribution in [0.15, 0.2) is 74.6 Å². The second-order valence-corrected chi connectivity index (χ2v) is 5.36. The van der Waals surface area contributed by atoms with E-state index in [1.54, 1.807) is 18.3 Å². The van der Waals surface area contributed by atoms with E-state index in [0.717, 1.165) is 22.5 Å². The maximum atomic E-state index is 8.85. The first-order valence-electron chi connectivity index (χ1n) is 7.59. The van der Waals surface area contributed by atoms with Gasteiger partial charge in [-0.2, -0.15) is 10.4 Å². The highest BCUT2D eigenvalue weighted by Crippen LogP contribution is 2.25. The van der Waals surface area contributed by atoms with Gasteiger partial charge in [-0.3, -0.25) is 0 Å². The Balaban J connectivity index is 1.53. The van der Waals surface area contributed by atoms with Gasteiger partial charge in [-0.1, -0.05) is 12.1 Å². The van der Waals surface area contributed by atoms with Crippen LogP contribution in [0.25, 0.3) is 11.3 Å². The first-order chi connectivity index (χ1) is 12.3. The summed E-state index contributed by atoms with van der Waals surface area (Å²) in [7, 11) is 0.